The first-order chi connectivity index (χ1) is 5.86. The van der Waals surface area contributed by atoms with Gasteiger partial charge in [0, 0.05) is 11.4 Å². The Labute approximate surface area is 66.3 Å². The summed E-state index contributed by atoms with van der Waals surface area (Å²) in [6.45, 7) is 0. The van der Waals surface area contributed by atoms with Crippen LogP contribution in [0.5, 0.6) is 0 Å². The van der Waals surface area contributed by atoms with Crippen molar-refractivity contribution in [3.63, 3.8) is 0 Å². The molecular formula is C5H2N4O3. The molecule has 7 nitrogen and oxygen atoms in total. The van der Waals surface area contributed by atoms with E-state index in [-0.39, 0.29) is 5.84 Å². The summed E-state index contributed by atoms with van der Waals surface area (Å²) in [5.41, 5.74) is 0. The lowest BCUT2D eigenvalue weighted by atomic mass is 10.6. The molecule has 0 amide bonds. The summed E-state index contributed by atoms with van der Waals surface area (Å²) in [7, 11) is 0. The van der Waals surface area contributed by atoms with Crippen molar-refractivity contribution in [3.8, 4) is 0 Å². The summed E-state index contributed by atoms with van der Waals surface area (Å²) in [5, 5.41) is 7.01. The fourth-order valence-corrected chi connectivity index (χ4v) is 0.478. The number of hydrazone groups is 2. The quantitative estimate of drug-likeness (QED) is 0.393. The van der Waals surface area contributed by atoms with E-state index in [9.17, 15) is 9.59 Å². The summed E-state index contributed by atoms with van der Waals surface area (Å²) in [6.07, 6.45) is 4.93. The van der Waals surface area contributed by atoms with E-state index in [1.54, 1.807) is 0 Å². The van der Waals surface area contributed by atoms with Crippen LogP contribution >= 0.6 is 0 Å². The van der Waals surface area contributed by atoms with Gasteiger partial charge in [0.15, 0.2) is 5.84 Å². The third-order valence-corrected chi connectivity index (χ3v) is 0.847. The highest BCUT2D eigenvalue weighted by Crippen LogP contribution is 2.01. The number of aliphatic imine (C=N–C) groups is 1. The molecule has 0 radical (unpaired) electrons. The van der Waals surface area contributed by atoms with Crippen molar-refractivity contribution in [2.45, 2.75) is 0 Å². The molecule has 1 heterocycles. The Morgan fingerprint density at radius 3 is 3.00 bits per heavy atom. The second-order valence-corrected chi connectivity index (χ2v) is 1.51. The van der Waals surface area contributed by atoms with Crippen LogP contribution < -0.4 is 0 Å². The van der Waals surface area contributed by atoms with Crippen molar-refractivity contribution in [2.24, 2.45) is 15.2 Å². The Morgan fingerprint density at radius 2 is 2.33 bits per heavy atom. The van der Waals surface area contributed by atoms with Gasteiger partial charge in [-0.15, -0.1) is 4.99 Å². The lowest BCUT2D eigenvalue weighted by molar-refractivity contribution is -0.104. The van der Waals surface area contributed by atoms with E-state index in [0.29, 0.717) is 5.28 Å². The molecular weight excluding hydrogens is 164 g/mol. The Balaban J connectivity index is 2.81. The minimum Gasteiger partial charge on any atom is -0.349 e. The van der Waals surface area contributed by atoms with Crippen LogP contribution in [0.3, 0.4) is 0 Å². The van der Waals surface area contributed by atoms with Crippen LogP contribution in [-0.2, 0) is 14.4 Å². The highest BCUT2D eigenvalue weighted by molar-refractivity contribution is 5.96. The number of rotatable bonds is 1. The Morgan fingerprint density at radius 1 is 1.50 bits per heavy atom. The van der Waals surface area contributed by atoms with Crippen LogP contribution in [-0.4, -0.2) is 23.3 Å². The molecule has 0 aliphatic carbocycles. The summed E-state index contributed by atoms with van der Waals surface area (Å²) in [6, 6.07) is 0. The standard InChI is InChI=1S/C5H2N4O3/c10-3-6-5-1-2-12-9(8-5)7-4-11/h1-2H. The normalized spacial score (nSPS) is 13.7. The zero-order valence-electron chi connectivity index (χ0n) is 5.67. The first kappa shape index (κ1) is 7.87. The van der Waals surface area contributed by atoms with Crippen molar-refractivity contribution in [1.82, 2.24) is 5.28 Å². The van der Waals surface area contributed by atoms with Crippen molar-refractivity contribution >= 4 is 18.0 Å². The smallest absolute Gasteiger partial charge is 0.263 e. The van der Waals surface area contributed by atoms with Crippen LogP contribution in [0, 0.1) is 0 Å². The van der Waals surface area contributed by atoms with Gasteiger partial charge < -0.3 is 4.84 Å². The van der Waals surface area contributed by atoms with Gasteiger partial charge in [0.1, 0.15) is 6.26 Å². The third kappa shape index (κ3) is 1.88. The van der Waals surface area contributed by atoms with Gasteiger partial charge in [0.25, 0.3) is 6.08 Å². The molecule has 0 aromatic rings. The molecule has 0 unspecified atom stereocenters. The lowest BCUT2D eigenvalue weighted by Crippen LogP contribution is -2.13. The van der Waals surface area contributed by atoms with Crippen molar-refractivity contribution in [3.05, 3.63) is 12.3 Å². The van der Waals surface area contributed by atoms with E-state index in [2.05, 4.69) is 20.0 Å². The molecule has 0 atom stereocenters. The molecule has 0 aromatic carbocycles. The van der Waals surface area contributed by atoms with E-state index in [0.717, 1.165) is 6.26 Å². The molecule has 1 aliphatic rings. The topological polar surface area (TPSA) is 83.7 Å². The molecule has 60 valence electrons. The van der Waals surface area contributed by atoms with Crippen LogP contribution in [0.15, 0.2) is 27.5 Å². The molecule has 0 saturated heterocycles. The van der Waals surface area contributed by atoms with Gasteiger partial charge in [0.05, 0.1) is 0 Å². The summed E-state index contributed by atoms with van der Waals surface area (Å²) >= 11 is 0. The summed E-state index contributed by atoms with van der Waals surface area (Å²) < 4.78 is 0. The average molecular weight is 166 g/mol. The van der Waals surface area contributed by atoms with Crippen LogP contribution in [0.2, 0.25) is 0 Å². The molecule has 0 bridgehead atoms. The second kappa shape index (κ2) is 3.82. The van der Waals surface area contributed by atoms with E-state index in [1.165, 1.54) is 18.2 Å². The van der Waals surface area contributed by atoms with E-state index in [1.807, 2.05) is 0 Å². The molecule has 7 heteroatoms. The van der Waals surface area contributed by atoms with E-state index in [4.69, 9.17) is 0 Å². The first-order valence-corrected chi connectivity index (χ1v) is 2.74. The van der Waals surface area contributed by atoms with Gasteiger partial charge in [-0.3, -0.25) is 0 Å². The minimum atomic E-state index is 0.0373. The predicted octanol–water partition coefficient (Wildman–Crippen LogP) is -0.353. The molecule has 12 heavy (non-hydrogen) atoms. The maximum atomic E-state index is 9.76. The predicted molar refractivity (Wildman–Crippen MR) is 35.7 cm³/mol. The number of carbonyl (C=O) groups excluding carboxylic acids is 2. The fourth-order valence-electron chi connectivity index (χ4n) is 0.478. The van der Waals surface area contributed by atoms with Gasteiger partial charge in [-0.1, -0.05) is 5.10 Å². The molecule has 0 fully saturated rings. The number of hydrogen-bond acceptors (Lipinski definition) is 7. The number of hydrogen-bond donors (Lipinski definition) is 0. The highest BCUT2D eigenvalue weighted by Gasteiger charge is 2.04. The zero-order chi connectivity index (χ0) is 8.81. The maximum absolute atomic E-state index is 9.76. The third-order valence-electron chi connectivity index (χ3n) is 0.847. The SMILES string of the molecule is O=C=NC1=NN(N=C=O)OC=C1. The number of amidine groups is 1. The van der Waals surface area contributed by atoms with Crippen molar-refractivity contribution in [1.29, 1.82) is 0 Å². The second-order valence-electron chi connectivity index (χ2n) is 1.51. The minimum absolute atomic E-state index is 0.0373. The first-order valence-electron chi connectivity index (χ1n) is 2.74. The monoisotopic (exact) mass is 166 g/mol. The van der Waals surface area contributed by atoms with Gasteiger partial charge in [-0.25, -0.2) is 9.59 Å². The Bertz CT molecular complexity index is 322. The van der Waals surface area contributed by atoms with Crippen molar-refractivity contribution < 1.29 is 14.4 Å². The number of nitrogens with zero attached hydrogens (tertiary/aromatic N) is 4. The molecule has 0 aromatic heterocycles. The fraction of sp³-hybridized carbons (Fsp3) is 0. The zero-order valence-corrected chi connectivity index (χ0v) is 5.67. The highest BCUT2D eigenvalue weighted by atomic mass is 16.7. The van der Waals surface area contributed by atoms with Gasteiger partial charge in [-0.05, 0) is 5.10 Å². The molecule has 0 N–H and O–H groups in total. The lowest BCUT2D eigenvalue weighted by Gasteiger charge is -2.10. The van der Waals surface area contributed by atoms with Gasteiger partial charge in [-0.2, -0.15) is 0 Å². The van der Waals surface area contributed by atoms with Crippen LogP contribution in [0.25, 0.3) is 0 Å². The number of isocyanates is 2. The van der Waals surface area contributed by atoms with Gasteiger partial charge >= 0.3 is 0 Å². The summed E-state index contributed by atoms with van der Waals surface area (Å²) in [5.74, 6) is 0.0373. The van der Waals surface area contributed by atoms with E-state index < -0.39 is 0 Å². The largest absolute Gasteiger partial charge is 0.349 e. The molecule has 1 rings (SSSR count). The van der Waals surface area contributed by atoms with Gasteiger partial charge in [0.2, 0.25) is 6.08 Å². The Hall–Kier alpha value is -2.23. The molecule has 1 aliphatic heterocycles. The maximum Gasteiger partial charge on any atom is 0.263 e. The Kier molecular flexibility index (Phi) is 2.51. The van der Waals surface area contributed by atoms with E-state index >= 15 is 0 Å². The van der Waals surface area contributed by atoms with Crippen molar-refractivity contribution in [2.75, 3.05) is 0 Å². The average Bonchev–Trinajstić information content (AvgIpc) is 2.06. The molecule has 0 saturated carbocycles. The molecule has 0 spiro atoms. The van der Waals surface area contributed by atoms with Crippen LogP contribution in [0.4, 0.5) is 0 Å². The summed E-state index contributed by atoms with van der Waals surface area (Å²) in [4.78, 5) is 27.2. The van der Waals surface area contributed by atoms with Crippen LogP contribution in [0.1, 0.15) is 0 Å².